The summed E-state index contributed by atoms with van der Waals surface area (Å²) in [5, 5.41) is 0. The molecule has 0 saturated carbocycles. The molecule has 0 spiro atoms. The van der Waals surface area contributed by atoms with Crippen LogP contribution >= 0.6 is 0 Å². The number of halogens is 2. The highest BCUT2D eigenvalue weighted by Gasteiger charge is 2.44. The summed E-state index contributed by atoms with van der Waals surface area (Å²) < 4.78 is 77.5. The molecule has 23 heteroatoms. The van der Waals surface area contributed by atoms with E-state index >= 15 is 18.4 Å². The second-order valence-corrected chi connectivity index (χ2v) is 29.2. The number of amides is 4. The van der Waals surface area contributed by atoms with Gasteiger partial charge in [0.15, 0.2) is 24.4 Å². The Labute approximate surface area is 578 Å². The maximum Gasteiger partial charge on any atom is 0.410 e. The average molecular weight is 1380 g/mol. The second kappa shape index (κ2) is 37.1. The van der Waals surface area contributed by atoms with Gasteiger partial charge in [0.2, 0.25) is 0 Å². The van der Waals surface area contributed by atoms with E-state index < -0.39 is 132 Å². The highest BCUT2D eigenvalue weighted by Crippen LogP contribution is 2.31. The van der Waals surface area contributed by atoms with Gasteiger partial charge in [0.05, 0.1) is 0 Å². The number of carbonyl (C=O) groups is 9. The van der Waals surface area contributed by atoms with Gasteiger partial charge in [-0.3, -0.25) is 19.3 Å². The largest absolute Gasteiger partial charge is 0.458 e. The van der Waals surface area contributed by atoms with Crippen LogP contribution in [0.1, 0.15) is 187 Å². The third kappa shape index (κ3) is 26.0. The average Bonchev–Trinajstić information content (AvgIpc) is 0.826. The zero-order valence-electron chi connectivity index (χ0n) is 60.7. The van der Waals surface area contributed by atoms with Crippen LogP contribution in [0.15, 0.2) is 78.9 Å². The number of benzene rings is 3. The zero-order valence-corrected chi connectivity index (χ0v) is 60.7. The van der Waals surface area contributed by atoms with Crippen LogP contribution in [0, 0.1) is 11.8 Å². The Morgan fingerprint density at radius 1 is 0.469 bits per heavy atom. The molecular formula is C75H108F2N4O17. The van der Waals surface area contributed by atoms with Gasteiger partial charge in [0, 0.05) is 73.9 Å². The number of aryl methyl sites for hydroxylation is 1. The van der Waals surface area contributed by atoms with Crippen molar-refractivity contribution in [1.82, 2.24) is 19.6 Å². The lowest BCUT2D eigenvalue weighted by atomic mass is 9.90. The van der Waals surface area contributed by atoms with Crippen LogP contribution < -0.4 is 0 Å². The first-order chi connectivity index (χ1) is 45.8. The number of likely N-dealkylation sites (N-methyl/N-ethyl adjacent to an activating group) is 4. The minimum absolute atomic E-state index is 0.0383. The van der Waals surface area contributed by atoms with Crippen molar-refractivity contribution in [2.45, 2.75) is 245 Å². The van der Waals surface area contributed by atoms with Gasteiger partial charge in [0.1, 0.15) is 47.7 Å². The molecule has 5 rings (SSSR count). The fraction of sp³-hybridized carbons (Fsp3) is 0.640. The monoisotopic (exact) mass is 1370 g/mol. The molecule has 2 aliphatic heterocycles. The molecule has 0 radical (unpaired) electrons. The molecule has 98 heavy (non-hydrogen) atoms. The van der Waals surface area contributed by atoms with Crippen LogP contribution in [0.2, 0.25) is 0 Å². The molecule has 3 aromatic carbocycles. The van der Waals surface area contributed by atoms with E-state index in [0.29, 0.717) is 43.5 Å². The number of hydrogen-bond acceptors (Lipinski definition) is 17. The summed E-state index contributed by atoms with van der Waals surface area (Å²) in [5.74, 6) is -7.79. The third-order valence-electron chi connectivity index (χ3n) is 17.4. The van der Waals surface area contributed by atoms with Gasteiger partial charge < -0.3 is 52.6 Å². The summed E-state index contributed by atoms with van der Waals surface area (Å²) in [6.45, 7) is 21.9. The first-order valence-electron chi connectivity index (χ1n) is 34.3. The lowest BCUT2D eigenvalue weighted by molar-refractivity contribution is -0.176. The highest BCUT2D eigenvalue weighted by atomic mass is 19.1. The van der Waals surface area contributed by atoms with Crippen molar-refractivity contribution >= 4 is 53.7 Å². The first kappa shape index (κ1) is 81.1. The van der Waals surface area contributed by atoms with Gasteiger partial charge in [-0.2, -0.15) is 0 Å². The van der Waals surface area contributed by atoms with Crippen molar-refractivity contribution in [2.75, 3.05) is 54.6 Å². The predicted octanol–water partition coefficient (Wildman–Crippen LogP) is 11.2. The second-order valence-electron chi connectivity index (χ2n) is 29.2. The Morgan fingerprint density at radius 3 is 1.31 bits per heavy atom. The van der Waals surface area contributed by atoms with Crippen LogP contribution in [0.3, 0.4) is 0 Å². The summed E-state index contributed by atoms with van der Waals surface area (Å²) in [6.07, 6.45) is -5.35. The van der Waals surface area contributed by atoms with E-state index in [1.807, 2.05) is 56.3 Å². The van der Waals surface area contributed by atoms with Crippen LogP contribution in [-0.2, 0) is 95.7 Å². The molecular weight excluding hydrogens is 1270 g/mol. The fourth-order valence-electron chi connectivity index (χ4n) is 11.8. The molecule has 0 unspecified atom stereocenters. The van der Waals surface area contributed by atoms with E-state index in [1.165, 1.54) is 69.7 Å². The summed E-state index contributed by atoms with van der Waals surface area (Å²) >= 11 is 0. The number of nitrogens with zero attached hydrogens (tertiary/aromatic N) is 4. The smallest absolute Gasteiger partial charge is 0.410 e. The third-order valence-corrected chi connectivity index (χ3v) is 17.4. The van der Waals surface area contributed by atoms with E-state index in [4.69, 9.17) is 37.9 Å². The fourth-order valence-corrected chi connectivity index (χ4v) is 11.8. The maximum atomic E-state index is 16.1. The van der Waals surface area contributed by atoms with Crippen molar-refractivity contribution in [3.8, 4) is 0 Å². The minimum atomic E-state index is -2.16. The molecule has 2 saturated heterocycles. The van der Waals surface area contributed by atoms with Crippen molar-refractivity contribution in [2.24, 2.45) is 11.8 Å². The number of esters is 5. The van der Waals surface area contributed by atoms with E-state index in [2.05, 4.69) is 0 Å². The molecule has 0 aromatic heterocycles. The topological polar surface area (TPSA) is 240 Å². The normalized spacial score (nSPS) is 16.6. The SMILES string of the molecule is CC(C)C[C@@H](C(=O)O[C@H](C)C(=O)N(C)[C@@H](CC(C)(C)F)C(=O)O[C@H](CCc1ccc(C2CCOCC2)cc1)C(=O)N(C)[C@@H](CC(C)C)C(=O)O[C@H](C)C(=O)OCc1ccccc1)N(C)C(=O)[C@@H](Cc1ccc(C2CCOCC2)cc1)OC(=O)[C@H](CC(C)(C)F)N(C)C(=O)OC(C)(C)C. The molecule has 0 N–H and O–H groups in total. The first-order valence-corrected chi connectivity index (χ1v) is 34.3. The van der Waals surface area contributed by atoms with Crippen molar-refractivity contribution in [1.29, 1.82) is 0 Å². The molecule has 0 aliphatic carbocycles. The van der Waals surface area contributed by atoms with E-state index in [1.54, 1.807) is 71.0 Å². The van der Waals surface area contributed by atoms with Crippen LogP contribution in [0.4, 0.5) is 13.6 Å². The molecule has 0 bridgehead atoms. The summed E-state index contributed by atoms with van der Waals surface area (Å²) in [4.78, 5) is 133. The van der Waals surface area contributed by atoms with Gasteiger partial charge >= 0.3 is 35.9 Å². The van der Waals surface area contributed by atoms with Gasteiger partial charge in [-0.05, 0) is 165 Å². The van der Waals surface area contributed by atoms with Gasteiger partial charge in [-0.15, -0.1) is 0 Å². The molecule has 3 aromatic rings. The standard InChI is InChI=1S/C75H108F2N4O17/c1-47(2)41-58(79(15)66(84)63(43-52-25-30-55(31-26-52)57-35-39-92-40-36-57)97-71(89)61(45-75(12,13)77)81(17)72(90)98-73(7,8)9)68(86)94-49(5)64(82)80(16)60(44-74(10,11)76)70(88)96-62(32-27-51-23-28-54(29-24-51)56-33-37-91-38-34-56)65(83)78(14)59(42-48(3)4)69(87)95-50(6)67(85)93-46-53-21-19-18-20-22-53/h18-26,28-31,47-50,56-63H,27,32-46H2,1-17H3/t49-,50-,58+,59+,60+,61+,62-,63-/m1/s1. The van der Waals surface area contributed by atoms with E-state index in [9.17, 15) is 33.6 Å². The Kier molecular flexibility index (Phi) is 30.7. The van der Waals surface area contributed by atoms with Gasteiger partial charge in [-0.25, -0.2) is 37.5 Å². The summed E-state index contributed by atoms with van der Waals surface area (Å²) in [5.41, 5.74) is -0.948. The lowest BCUT2D eigenvalue weighted by Gasteiger charge is -2.35. The van der Waals surface area contributed by atoms with Crippen molar-refractivity contribution in [3.63, 3.8) is 0 Å². The Morgan fingerprint density at radius 2 is 0.867 bits per heavy atom. The van der Waals surface area contributed by atoms with E-state index in [-0.39, 0.29) is 56.5 Å². The van der Waals surface area contributed by atoms with Crippen LogP contribution in [-0.4, -0.2) is 193 Å². The molecule has 2 heterocycles. The number of alkyl halides is 2. The summed E-state index contributed by atoms with van der Waals surface area (Å²) in [7, 11) is 5.12. The molecule has 8 atom stereocenters. The van der Waals surface area contributed by atoms with Crippen LogP contribution in [0.25, 0.3) is 0 Å². The number of hydrogen-bond donors (Lipinski definition) is 0. The van der Waals surface area contributed by atoms with Crippen molar-refractivity contribution in [3.05, 3.63) is 107 Å². The van der Waals surface area contributed by atoms with Crippen LogP contribution in [0.5, 0.6) is 0 Å². The highest BCUT2D eigenvalue weighted by molar-refractivity contribution is 5.93. The molecule has 2 fully saturated rings. The number of carbonyl (C=O) groups excluding carboxylic acids is 9. The Bertz CT molecular complexity index is 3100. The zero-order chi connectivity index (χ0) is 73.0. The summed E-state index contributed by atoms with van der Waals surface area (Å²) in [6, 6.07) is 18.1. The minimum Gasteiger partial charge on any atom is -0.458 e. The van der Waals surface area contributed by atoms with Gasteiger partial charge in [-0.1, -0.05) is 107 Å². The quantitative estimate of drug-likeness (QED) is 0.0407. The van der Waals surface area contributed by atoms with Gasteiger partial charge in [0.25, 0.3) is 17.7 Å². The van der Waals surface area contributed by atoms with E-state index in [0.717, 1.165) is 62.0 Å². The number of ether oxygens (including phenoxy) is 8. The molecule has 4 amide bonds. The molecule has 2 aliphatic rings. The Balaban J connectivity index is 1.43. The van der Waals surface area contributed by atoms with Crippen molar-refractivity contribution < 1.29 is 89.8 Å². The molecule has 544 valence electrons. The molecule has 21 nitrogen and oxygen atoms in total. The predicted molar refractivity (Wildman–Crippen MR) is 364 cm³/mol. The lowest BCUT2D eigenvalue weighted by Crippen LogP contribution is -2.54. The maximum absolute atomic E-state index is 16.1. The number of rotatable bonds is 33. The Hall–Kier alpha value is -7.53.